The zero-order valence-corrected chi connectivity index (χ0v) is 12.2. The highest BCUT2D eigenvalue weighted by molar-refractivity contribution is 5.79. The van der Waals surface area contributed by atoms with Gasteiger partial charge in [-0.05, 0) is 24.6 Å². The second kappa shape index (κ2) is 6.97. The van der Waals surface area contributed by atoms with Crippen molar-refractivity contribution in [1.82, 2.24) is 10.6 Å². The summed E-state index contributed by atoms with van der Waals surface area (Å²) in [7, 11) is 1.60. The standard InChI is InChI=1S/C15H20N2O4/c1-3-21-15(19)17-13-9-16-14(18)8-12(13)10-5-4-6-11(7-10)20-2/h4-7,12-13H,3,8-9H2,1-2H3,(H,16,18)(H,17,19). The van der Waals surface area contributed by atoms with Crippen molar-refractivity contribution in [3.8, 4) is 5.75 Å². The largest absolute Gasteiger partial charge is 0.497 e. The van der Waals surface area contributed by atoms with Crippen LogP contribution in [0.15, 0.2) is 24.3 Å². The zero-order valence-electron chi connectivity index (χ0n) is 12.2. The van der Waals surface area contributed by atoms with E-state index >= 15 is 0 Å². The Balaban J connectivity index is 2.17. The number of benzene rings is 1. The third kappa shape index (κ3) is 3.87. The van der Waals surface area contributed by atoms with Crippen LogP contribution in [0.1, 0.15) is 24.8 Å². The lowest BCUT2D eigenvalue weighted by Gasteiger charge is -2.32. The highest BCUT2D eigenvalue weighted by Gasteiger charge is 2.32. The lowest BCUT2D eigenvalue weighted by atomic mass is 9.85. The van der Waals surface area contributed by atoms with Crippen molar-refractivity contribution in [2.24, 2.45) is 0 Å². The van der Waals surface area contributed by atoms with E-state index in [0.29, 0.717) is 19.6 Å². The molecule has 0 saturated carbocycles. The number of rotatable bonds is 4. The summed E-state index contributed by atoms with van der Waals surface area (Å²) in [6, 6.07) is 7.35. The molecule has 0 bridgehead atoms. The lowest BCUT2D eigenvalue weighted by Crippen LogP contribution is -2.52. The molecule has 1 aliphatic heterocycles. The number of carbonyl (C=O) groups excluding carboxylic acids is 2. The monoisotopic (exact) mass is 292 g/mol. The van der Waals surface area contributed by atoms with Gasteiger partial charge in [0.25, 0.3) is 0 Å². The minimum atomic E-state index is -0.466. The summed E-state index contributed by atoms with van der Waals surface area (Å²) in [5.74, 6) is 0.608. The Kier molecular flexibility index (Phi) is 5.03. The topological polar surface area (TPSA) is 76.7 Å². The van der Waals surface area contributed by atoms with E-state index in [-0.39, 0.29) is 17.9 Å². The average molecular weight is 292 g/mol. The van der Waals surface area contributed by atoms with Crippen molar-refractivity contribution in [3.05, 3.63) is 29.8 Å². The maximum absolute atomic E-state index is 11.7. The maximum Gasteiger partial charge on any atom is 0.407 e. The van der Waals surface area contributed by atoms with Crippen LogP contribution in [-0.2, 0) is 9.53 Å². The molecule has 2 unspecified atom stereocenters. The van der Waals surface area contributed by atoms with Gasteiger partial charge in [-0.15, -0.1) is 0 Å². The minimum Gasteiger partial charge on any atom is -0.497 e. The van der Waals surface area contributed by atoms with Gasteiger partial charge in [-0.2, -0.15) is 0 Å². The predicted octanol–water partition coefficient (Wildman–Crippen LogP) is 1.41. The van der Waals surface area contributed by atoms with Gasteiger partial charge in [-0.1, -0.05) is 12.1 Å². The molecule has 0 aliphatic carbocycles. The van der Waals surface area contributed by atoms with Gasteiger partial charge >= 0.3 is 6.09 Å². The second-order valence-corrected chi connectivity index (χ2v) is 4.86. The molecule has 1 fully saturated rings. The third-order valence-electron chi connectivity index (χ3n) is 3.51. The highest BCUT2D eigenvalue weighted by Crippen LogP contribution is 2.28. The summed E-state index contributed by atoms with van der Waals surface area (Å²) in [6.07, 6.45) is -0.143. The molecular weight excluding hydrogens is 272 g/mol. The molecule has 114 valence electrons. The zero-order chi connectivity index (χ0) is 15.2. The van der Waals surface area contributed by atoms with E-state index in [4.69, 9.17) is 9.47 Å². The van der Waals surface area contributed by atoms with Gasteiger partial charge in [-0.25, -0.2) is 4.79 Å². The van der Waals surface area contributed by atoms with Crippen molar-refractivity contribution in [2.75, 3.05) is 20.3 Å². The number of carbonyl (C=O) groups is 2. The Hall–Kier alpha value is -2.24. The normalized spacial score (nSPS) is 21.3. The Labute approximate surface area is 123 Å². The number of alkyl carbamates (subject to hydrolysis) is 1. The summed E-state index contributed by atoms with van der Waals surface area (Å²) in [5, 5.41) is 5.58. The van der Waals surface area contributed by atoms with Gasteiger partial charge in [-0.3, -0.25) is 4.79 Å². The number of ether oxygens (including phenoxy) is 2. The molecule has 1 heterocycles. The van der Waals surface area contributed by atoms with Gasteiger partial charge < -0.3 is 20.1 Å². The fourth-order valence-electron chi connectivity index (χ4n) is 2.48. The average Bonchev–Trinajstić information content (AvgIpc) is 2.49. The molecule has 0 aromatic heterocycles. The molecule has 1 aromatic carbocycles. The fourth-order valence-corrected chi connectivity index (χ4v) is 2.48. The van der Waals surface area contributed by atoms with E-state index in [9.17, 15) is 9.59 Å². The molecule has 2 rings (SSSR count). The van der Waals surface area contributed by atoms with E-state index < -0.39 is 6.09 Å². The van der Waals surface area contributed by atoms with E-state index in [0.717, 1.165) is 11.3 Å². The molecule has 2 N–H and O–H groups in total. The van der Waals surface area contributed by atoms with Crippen LogP contribution in [0.3, 0.4) is 0 Å². The van der Waals surface area contributed by atoms with Crippen LogP contribution in [0.4, 0.5) is 4.79 Å². The summed E-state index contributed by atoms with van der Waals surface area (Å²) in [4.78, 5) is 23.3. The number of piperidine rings is 1. The third-order valence-corrected chi connectivity index (χ3v) is 3.51. The molecule has 0 radical (unpaired) electrons. The molecule has 1 saturated heterocycles. The molecular formula is C15H20N2O4. The van der Waals surface area contributed by atoms with Gasteiger partial charge in [0.1, 0.15) is 5.75 Å². The second-order valence-electron chi connectivity index (χ2n) is 4.86. The molecule has 2 amide bonds. The summed E-state index contributed by atoms with van der Waals surface area (Å²) >= 11 is 0. The smallest absolute Gasteiger partial charge is 0.407 e. The molecule has 0 spiro atoms. The van der Waals surface area contributed by atoms with Crippen LogP contribution in [0.5, 0.6) is 5.75 Å². The molecule has 1 aliphatic rings. The predicted molar refractivity (Wildman–Crippen MR) is 77.3 cm³/mol. The number of amides is 2. The number of methoxy groups -OCH3 is 1. The molecule has 21 heavy (non-hydrogen) atoms. The SMILES string of the molecule is CCOC(=O)NC1CNC(=O)CC1c1cccc(OC)c1. The highest BCUT2D eigenvalue weighted by atomic mass is 16.5. The first-order valence-corrected chi connectivity index (χ1v) is 6.98. The Morgan fingerprint density at radius 3 is 3.00 bits per heavy atom. The van der Waals surface area contributed by atoms with Crippen molar-refractivity contribution >= 4 is 12.0 Å². The first-order valence-electron chi connectivity index (χ1n) is 6.98. The summed E-state index contributed by atoms with van der Waals surface area (Å²) in [5.41, 5.74) is 0.964. The first-order chi connectivity index (χ1) is 10.1. The van der Waals surface area contributed by atoms with Gasteiger partial charge in [0.05, 0.1) is 19.8 Å². The van der Waals surface area contributed by atoms with Crippen molar-refractivity contribution in [3.63, 3.8) is 0 Å². The Bertz CT molecular complexity index is 518. The molecule has 6 heteroatoms. The number of hydrogen-bond donors (Lipinski definition) is 2. The summed E-state index contributed by atoms with van der Waals surface area (Å²) < 4.78 is 10.1. The lowest BCUT2D eigenvalue weighted by molar-refractivity contribution is -0.123. The van der Waals surface area contributed by atoms with Crippen LogP contribution in [0.25, 0.3) is 0 Å². The van der Waals surface area contributed by atoms with E-state index in [1.54, 1.807) is 14.0 Å². The van der Waals surface area contributed by atoms with Crippen molar-refractivity contribution < 1.29 is 19.1 Å². The number of hydrogen-bond acceptors (Lipinski definition) is 4. The van der Waals surface area contributed by atoms with Crippen LogP contribution >= 0.6 is 0 Å². The van der Waals surface area contributed by atoms with E-state index in [1.165, 1.54) is 0 Å². The van der Waals surface area contributed by atoms with Crippen LogP contribution in [-0.4, -0.2) is 38.3 Å². The Morgan fingerprint density at radius 1 is 1.48 bits per heavy atom. The quantitative estimate of drug-likeness (QED) is 0.880. The van der Waals surface area contributed by atoms with Gasteiger partial charge in [0, 0.05) is 18.9 Å². The Morgan fingerprint density at radius 2 is 2.29 bits per heavy atom. The molecule has 6 nitrogen and oxygen atoms in total. The summed E-state index contributed by atoms with van der Waals surface area (Å²) in [6.45, 7) is 2.45. The van der Waals surface area contributed by atoms with Gasteiger partial charge in [0.15, 0.2) is 0 Å². The van der Waals surface area contributed by atoms with Gasteiger partial charge in [0.2, 0.25) is 5.91 Å². The van der Waals surface area contributed by atoms with Crippen LogP contribution in [0, 0.1) is 0 Å². The van der Waals surface area contributed by atoms with E-state index in [2.05, 4.69) is 10.6 Å². The van der Waals surface area contributed by atoms with Crippen molar-refractivity contribution in [2.45, 2.75) is 25.3 Å². The maximum atomic E-state index is 11.7. The molecule has 1 aromatic rings. The minimum absolute atomic E-state index is 0.0234. The number of nitrogens with one attached hydrogen (secondary N) is 2. The fraction of sp³-hybridized carbons (Fsp3) is 0.467. The first kappa shape index (κ1) is 15.2. The van der Waals surface area contributed by atoms with Crippen LogP contribution in [0.2, 0.25) is 0 Å². The van der Waals surface area contributed by atoms with E-state index in [1.807, 2.05) is 24.3 Å². The van der Waals surface area contributed by atoms with Crippen molar-refractivity contribution in [1.29, 1.82) is 0 Å². The van der Waals surface area contributed by atoms with Crippen LogP contribution < -0.4 is 15.4 Å². The molecule has 2 atom stereocenters.